The highest BCUT2D eigenvalue weighted by atomic mass is 16.5. The number of phenolic OH excluding ortho intramolecular Hbond substituents is 1. The molecule has 1 unspecified atom stereocenters. The van der Waals surface area contributed by atoms with E-state index in [1.54, 1.807) is 0 Å². The Morgan fingerprint density at radius 3 is 2.10 bits per heavy atom. The lowest BCUT2D eigenvalue weighted by Gasteiger charge is -2.26. The zero-order valence-electron chi connectivity index (χ0n) is 14.5. The molecule has 0 aliphatic rings. The second-order valence-corrected chi connectivity index (χ2v) is 7.07. The number of carbonyl (C=O) groups is 1. The average Bonchev–Trinajstić information content (AvgIpc) is 2.33. The molecular weight excluding hydrogens is 264 g/mol. The molecule has 1 rings (SSSR count). The Morgan fingerprint density at radius 2 is 1.67 bits per heavy atom. The molecule has 0 fully saturated rings. The van der Waals surface area contributed by atoms with Gasteiger partial charge in [-0.2, -0.15) is 0 Å². The molecule has 0 spiro atoms. The van der Waals surface area contributed by atoms with Crippen molar-refractivity contribution in [1.82, 2.24) is 0 Å². The summed E-state index contributed by atoms with van der Waals surface area (Å²) in [5.41, 5.74) is 3.40. The van der Waals surface area contributed by atoms with Crippen LogP contribution in [0.15, 0.2) is 6.07 Å². The molecule has 1 aromatic carbocycles. The number of rotatable bonds is 3. The maximum atomic E-state index is 12.2. The number of esters is 1. The number of phenols is 1. The van der Waals surface area contributed by atoms with Crippen LogP contribution in [-0.2, 0) is 14.9 Å². The Labute approximate surface area is 128 Å². The van der Waals surface area contributed by atoms with Gasteiger partial charge in [0.05, 0.1) is 12.0 Å². The lowest BCUT2D eigenvalue weighted by atomic mass is 9.80. The van der Waals surface area contributed by atoms with Crippen molar-refractivity contribution < 1.29 is 14.6 Å². The van der Waals surface area contributed by atoms with Crippen LogP contribution < -0.4 is 0 Å². The summed E-state index contributed by atoms with van der Waals surface area (Å²) in [6.07, 6.45) is -0.124. The highest BCUT2D eigenvalue weighted by molar-refractivity contribution is 5.79. The van der Waals surface area contributed by atoms with Gasteiger partial charge in [-0.05, 0) is 62.3 Å². The smallest absolute Gasteiger partial charge is 0.313 e. The van der Waals surface area contributed by atoms with Gasteiger partial charge in [0.25, 0.3) is 0 Å². The molecule has 0 saturated carbocycles. The van der Waals surface area contributed by atoms with Crippen molar-refractivity contribution in [3.63, 3.8) is 0 Å². The van der Waals surface area contributed by atoms with E-state index in [9.17, 15) is 9.90 Å². The first-order valence-corrected chi connectivity index (χ1v) is 7.50. The predicted molar refractivity (Wildman–Crippen MR) is 85.9 cm³/mol. The van der Waals surface area contributed by atoms with Crippen LogP contribution in [-0.4, -0.2) is 17.2 Å². The highest BCUT2D eigenvalue weighted by Gasteiger charge is 2.26. The standard InChI is InChI=1S/C18H28O3/c1-10(2)21-17(20)13(5)14-9-15(18(6,7)8)16(19)12(4)11(14)3/h9-10,13,19H,1-8H3. The summed E-state index contributed by atoms with van der Waals surface area (Å²) in [6.45, 7) is 15.5. The van der Waals surface area contributed by atoms with E-state index in [-0.39, 0.29) is 23.4 Å². The molecule has 0 radical (unpaired) electrons. The largest absolute Gasteiger partial charge is 0.507 e. The lowest BCUT2D eigenvalue weighted by molar-refractivity contribution is -0.148. The molecule has 1 aromatic rings. The fourth-order valence-electron chi connectivity index (χ4n) is 2.41. The highest BCUT2D eigenvalue weighted by Crippen LogP contribution is 2.38. The molecule has 118 valence electrons. The van der Waals surface area contributed by atoms with E-state index in [1.165, 1.54) is 0 Å². The third kappa shape index (κ3) is 3.78. The Balaban J connectivity index is 3.37. The summed E-state index contributed by atoms with van der Waals surface area (Å²) in [5, 5.41) is 10.4. The van der Waals surface area contributed by atoms with Crippen LogP contribution >= 0.6 is 0 Å². The number of hydrogen-bond acceptors (Lipinski definition) is 3. The minimum absolute atomic E-state index is 0.124. The normalized spacial score (nSPS) is 13.4. The first kappa shape index (κ1) is 17.5. The summed E-state index contributed by atoms with van der Waals surface area (Å²) < 4.78 is 5.32. The van der Waals surface area contributed by atoms with Gasteiger partial charge >= 0.3 is 5.97 Å². The Morgan fingerprint density at radius 1 is 1.14 bits per heavy atom. The van der Waals surface area contributed by atoms with Crippen LogP contribution in [0.1, 0.15) is 69.7 Å². The summed E-state index contributed by atoms with van der Waals surface area (Å²) >= 11 is 0. The molecule has 0 saturated heterocycles. The Bertz CT molecular complexity index is 536. The minimum Gasteiger partial charge on any atom is -0.507 e. The topological polar surface area (TPSA) is 46.5 Å². The van der Waals surface area contributed by atoms with E-state index in [2.05, 4.69) is 20.8 Å². The van der Waals surface area contributed by atoms with Crippen molar-refractivity contribution in [3.05, 3.63) is 28.3 Å². The summed E-state index contributed by atoms with van der Waals surface area (Å²) in [5.74, 6) is -0.237. The van der Waals surface area contributed by atoms with Gasteiger partial charge < -0.3 is 9.84 Å². The fraction of sp³-hybridized carbons (Fsp3) is 0.611. The van der Waals surface area contributed by atoms with Crippen LogP contribution in [0, 0.1) is 13.8 Å². The molecule has 0 aliphatic carbocycles. The van der Waals surface area contributed by atoms with Crippen molar-refractivity contribution >= 4 is 5.97 Å². The second-order valence-electron chi connectivity index (χ2n) is 7.07. The zero-order valence-corrected chi connectivity index (χ0v) is 14.5. The predicted octanol–water partition coefficient (Wildman–Crippen LogP) is 4.36. The average molecular weight is 292 g/mol. The van der Waals surface area contributed by atoms with E-state index in [0.29, 0.717) is 5.75 Å². The second kappa shape index (κ2) is 6.08. The van der Waals surface area contributed by atoms with E-state index in [1.807, 2.05) is 40.7 Å². The van der Waals surface area contributed by atoms with Gasteiger partial charge in [0.1, 0.15) is 5.75 Å². The van der Waals surface area contributed by atoms with Gasteiger partial charge in [-0.1, -0.05) is 26.8 Å². The van der Waals surface area contributed by atoms with Gasteiger partial charge in [0, 0.05) is 0 Å². The van der Waals surface area contributed by atoms with Crippen LogP contribution in [0.3, 0.4) is 0 Å². The van der Waals surface area contributed by atoms with Crippen LogP contribution in [0.5, 0.6) is 5.75 Å². The first-order chi connectivity index (χ1) is 9.46. The number of carbonyl (C=O) groups excluding carboxylic acids is 1. The molecule has 1 atom stereocenters. The molecule has 0 aromatic heterocycles. The van der Waals surface area contributed by atoms with Gasteiger partial charge in [0.2, 0.25) is 0 Å². The van der Waals surface area contributed by atoms with Gasteiger partial charge in [-0.15, -0.1) is 0 Å². The first-order valence-electron chi connectivity index (χ1n) is 7.50. The molecule has 0 amide bonds. The number of hydrogen-bond donors (Lipinski definition) is 1. The third-order valence-corrected chi connectivity index (χ3v) is 3.89. The molecule has 0 heterocycles. The third-order valence-electron chi connectivity index (χ3n) is 3.89. The van der Waals surface area contributed by atoms with Gasteiger partial charge in [-0.3, -0.25) is 4.79 Å². The van der Waals surface area contributed by atoms with Crippen LogP contribution in [0.2, 0.25) is 0 Å². The molecular formula is C18H28O3. The van der Waals surface area contributed by atoms with Crippen LogP contribution in [0.25, 0.3) is 0 Å². The van der Waals surface area contributed by atoms with Crippen molar-refractivity contribution in [3.8, 4) is 5.75 Å². The van der Waals surface area contributed by atoms with E-state index < -0.39 is 0 Å². The maximum Gasteiger partial charge on any atom is 0.313 e. The Hall–Kier alpha value is -1.51. The van der Waals surface area contributed by atoms with Crippen molar-refractivity contribution in [2.75, 3.05) is 0 Å². The van der Waals surface area contributed by atoms with Gasteiger partial charge in [-0.25, -0.2) is 0 Å². The Kier molecular flexibility index (Phi) is 5.08. The van der Waals surface area contributed by atoms with Crippen LogP contribution in [0.4, 0.5) is 0 Å². The lowest BCUT2D eigenvalue weighted by Crippen LogP contribution is -2.20. The summed E-state index contributed by atoms with van der Waals surface area (Å²) in [6, 6.07) is 1.95. The zero-order chi connectivity index (χ0) is 16.5. The van der Waals surface area contributed by atoms with Crippen molar-refractivity contribution in [2.45, 2.75) is 72.8 Å². The van der Waals surface area contributed by atoms with E-state index >= 15 is 0 Å². The number of benzene rings is 1. The summed E-state index contributed by atoms with van der Waals surface area (Å²) in [7, 11) is 0. The fourth-order valence-corrected chi connectivity index (χ4v) is 2.41. The molecule has 1 N–H and O–H groups in total. The summed E-state index contributed by atoms with van der Waals surface area (Å²) in [4.78, 5) is 12.2. The molecule has 0 aliphatic heterocycles. The quantitative estimate of drug-likeness (QED) is 0.842. The van der Waals surface area contributed by atoms with Gasteiger partial charge in [0.15, 0.2) is 0 Å². The van der Waals surface area contributed by atoms with Crippen molar-refractivity contribution in [1.29, 1.82) is 0 Å². The number of aromatic hydroxyl groups is 1. The monoisotopic (exact) mass is 292 g/mol. The van der Waals surface area contributed by atoms with E-state index in [4.69, 9.17) is 4.74 Å². The SMILES string of the molecule is Cc1c(C(C)C(=O)OC(C)C)cc(C(C)(C)C)c(O)c1C. The molecule has 3 nitrogen and oxygen atoms in total. The molecule has 21 heavy (non-hydrogen) atoms. The van der Waals surface area contributed by atoms with Crippen molar-refractivity contribution in [2.24, 2.45) is 0 Å². The minimum atomic E-state index is -0.340. The number of ether oxygens (including phenoxy) is 1. The van der Waals surface area contributed by atoms with E-state index in [0.717, 1.165) is 22.3 Å². The maximum absolute atomic E-state index is 12.2. The molecule has 3 heteroatoms. The molecule has 0 bridgehead atoms.